The second-order valence-corrected chi connectivity index (χ2v) is 3.63. The van der Waals surface area contributed by atoms with Crippen LogP contribution in [0.15, 0.2) is 54.2 Å². The number of rotatable bonds is 5. The van der Waals surface area contributed by atoms with E-state index in [1.807, 2.05) is 30.3 Å². The Morgan fingerprint density at radius 2 is 1.95 bits per heavy atom. The van der Waals surface area contributed by atoms with Crippen molar-refractivity contribution < 1.29 is 4.79 Å². The molecule has 0 spiro atoms. The lowest BCUT2D eigenvalue weighted by Gasteiger charge is -2.01. The van der Waals surface area contributed by atoms with Crippen LogP contribution in [0.25, 0.3) is 11.6 Å². The Morgan fingerprint density at radius 3 is 2.58 bits per heavy atom. The SMILES string of the molecule is O=CN/N=C\C(=C\c1cccnc1)c1cccnc1. The number of pyridine rings is 2. The molecule has 0 atom stereocenters. The van der Waals surface area contributed by atoms with E-state index in [1.165, 1.54) is 0 Å². The molecule has 0 bridgehead atoms. The predicted octanol–water partition coefficient (Wildman–Crippen LogP) is 1.75. The Hall–Kier alpha value is -2.82. The van der Waals surface area contributed by atoms with Crippen LogP contribution < -0.4 is 5.43 Å². The normalized spacial score (nSPS) is 11.5. The molecule has 0 saturated carbocycles. The van der Waals surface area contributed by atoms with Gasteiger partial charge in [-0.2, -0.15) is 5.10 Å². The average molecular weight is 252 g/mol. The third kappa shape index (κ3) is 3.85. The maximum absolute atomic E-state index is 10.2. The van der Waals surface area contributed by atoms with Gasteiger partial charge in [-0.05, 0) is 23.8 Å². The van der Waals surface area contributed by atoms with Crippen LogP contribution in [0.1, 0.15) is 11.1 Å². The number of hydrogen-bond donors (Lipinski definition) is 1. The fraction of sp³-hybridized carbons (Fsp3) is 0. The van der Waals surface area contributed by atoms with Gasteiger partial charge in [-0.3, -0.25) is 14.8 Å². The predicted molar refractivity (Wildman–Crippen MR) is 74.0 cm³/mol. The fourth-order valence-electron chi connectivity index (χ4n) is 1.51. The van der Waals surface area contributed by atoms with E-state index >= 15 is 0 Å². The number of allylic oxidation sites excluding steroid dienone is 1. The van der Waals surface area contributed by atoms with Gasteiger partial charge in [0.1, 0.15) is 0 Å². The first-order valence-electron chi connectivity index (χ1n) is 5.64. The van der Waals surface area contributed by atoms with Crippen molar-refractivity contribution in [2.45, 2.75) is 0 Å². The Balaban J connectivity index is 2.34. The van der Waals surface area contributed by atoms with Gasteiger partial charge in [-0.25, -0.2) is 5.43 Å². The van der Waals surface area contributed by atoms with E-state index in [0.717, 1.165) is 16.7 Å². The van der Waals surface area contributed by atoms with Crippen LogP contribution in [0, 0.1) is 0 Å². The van der Waals surface area contributed by atoms with Crippen LogP contribution in [0.3, 0.4) is 0 Å². The lowest BCUT2D eigenvalue weighted by atomic mass is 10.1. The topological polar surface area (TPSA) is 67.2 Å². The first kappa shape index (κ1) is 12.6. The summed E-state index contributed by atoms with van der Waals surface area (Å²) in [6.45, 7) is 0. The quantitative estimate of drug-likeness (QED) is 0.501. The minimum atomic E-state index is 0.515. The summed E-state index contributed by atoms with van der Waals surface area (Å²) >= 11 is 0. The zero-order valence-corrected chi connectivity index (χ0v) is 10.1. The highest BCUT2D eigenvalue weighted by molar-refractivity contribution is 6.15. The van der Waals surface area contributed by atoms with Crippen LogP contribution in [-0.4, -0.2) is 22.6 Å². The van der Waals surface area contributed by atoms with Crippen LogP contribution in [0.5, 0.6) is 0 Å². The molecule has 5 heteroatoms. The van der Waals surface area contributed by atoms with E-state index in [-0.39, 0.29) is 0 Å². The third-order valence-electron chi connectivity index (χ3n) is 2.33. The van der Waals surface area contributed by atoms with Crippen LogP contribution in [-0.2, 0) is 4.79 Å². The summed E-state index contributed by atoms with van der Waals surface area (Å²) in [7, 11) is 0. The van der Waals surface area contributed by atoms with Gasteiger partial charge in [-0.15, -0.1) is 0 Å². The molecule has 5 nitrogen and oxygen atoms in total. The number of carbonyl (C=O) groups is 1. The number of nitrogens with one attached hydrogen (secondary N) is 1. The second kappa shape index (κ2) is 6.80. The largest absolute Gasteiger partial charge is 0.277 e. The molecule has 0 aliphatic rings. The van der Waals surface area contributed by atoms with E-state index in [1.54, 1.807) is 31.0 Å². The smallest absolute Gasteiger partial charge is 0.227 e. The van der Waals surface area contributed by atoms with E-state index in [9.17, 15) is 4.79 Å². The molecule has 0 radical (unpaired) electrons. The summed E-state index contributed by atoms with van der Waals surface area (Å²) in [6.07, 6.45) is 10.9. The van der Waals surface area contributed by atoms with Crippen molar-refractivity contribution in [3.8, 4) is 0 Å². The Kier molecular flexibility index (Phi) is 4.52. The van der Waals surface area contributed by atoms with Crippen LogP contribution >= 0.6 is 0 Å². The zero-order chi connectivity index (χ0) is 13.3. The van der Waals surface area contributed by atoms with Gasteiger partial charge in [0, 0.05) is 35.9 Å². The monoisotopic (exact) mass is 252 g/mol. The summed E-state index contributed by atoms with van der Waals surface area (Å²) < 4.78 is 0. The molecule has 0 aliphatic heterocycles. The molecule has 19 heavy (non-hydrogen) atoms. The molecular weight excluding hydrogens is 240 g/mol. The highest BCUT2D eigenvalue weighted by atomic mass is 16.1. The second-order valence-electron chi connectivity index (χ2n) is 3.63. The first-order chi connectivity index (χ1) is 9.40. The van der Waals surface area contributed by atoms with E-state index in [0.29, 0.717) is 6.41 Å². The van der Waals surface area contributed by atoms with Crippen molar-refractivity contribution in [2.75, 3.05) is 0 Å². The lowest BCUT2D eigenvalue weighted by Crippen LogP contribution is -2.01. The molecule has 0 aliphatic carbocycles. The molecule has 94 valence electrons. The van der Waals surface area contributed by atoms with Gasteiger partial charge >= 0.3 is 0 Å². The summed E-state index contributed by atoms with van der Waals surface area (Å²) in [4.78, 5) is 18.3. The molecule has 0 unspecified atom stereocenters. The van der Waals surface area contributed by atoms with Gasteiger partial charge in [0.15, 0.2) is 0 Å². The van der Waals surface area contributed by atoms with Gasteiger partial charge in [-0.1, -0.05) is 12.1 Å². The first-order valence-corrected chi connectivity index (χ1v) is 5.64. The van der Waals surface area contributed by atoms with Crippen LogP contribution in [0.4, 0.5) is 0 Å². The summed E-state index contributed by atoms with van der Waals surface area (Å²) in [5, 5.41) is 3.80. The molecular formula is C14H12N4O. The Labute approximate surface area is 110 Å². The van der Waals surface area contributed by atoms with Crippen molar-refractivity contribution in [1.82, 2.24) is 15.4 Å². The summed E-state index contributed by atoms with van der Waals surface area (Å²) in [5.74, 6) is 0. The highest BCUT2D eigenvalue weighted by Gasteiger charge is 1.99. The molecule has 1 N–H and O–H groups in total. The Bertz CT molecular complexity index is 579. The molecule has 2 heterocycles. The van der Waals surface area contributed by atoms with Gasteiger partial charge in [0.2, 0.25) is 6.41 Å². The minimum absolute atomic E-state index is 0.515. The molecule has 2 aromatic heterocycles. The minimum Gasteiger partial charge on any atom is -0.277 e. The number of aromatic nitrogens is 2. The van der Waals surface area contributed by atoms with E-state index in [2.05, 4.69) is 20.5 Å². The molecule has 2 rings (SSSR count). The highest BCUT2D eigenvalue weighted by Crippen LogP contribution is 2.14. The zero-order valence-electron chi connectivity index (χ0n) is 10.1. The van der Waals surface area contributed by atoms with Gasteiger partial charge in [0.05, 0.1) is 6.21 Å². The molecule has 0 fully saturated rings. The summed E-state index contributed by atoms with van der Waals surface area (Å²) in [6, 6.07) is 7.55. The number of nitrogens with zero attached hydrogens (tertiary/aromatic N) is 3. The van der Waals surface area contributed by atoms with Gasteiger partial charge < -0.3 is 0 Å². The number of carbonyl (C=O) groups excluding carboxylic acids is 1. The maximum Gasteiger partial charge on any atom is 0.227 e. The van der Waals surface area contributed by atoms with Crippen molar-refractivity contribution in [3.63, 3.8) is 0 Å². The van der Waals surface area contributed by atoms with E-state index < -0.39 is 0 Å². The fourth-order valence-corrected chi connectivity index (χ4v) is 1.51. The van der Waals surface area contributed by atoms with Gasteiger partial charge in [0.25, 0.3) is 0 Å². The molecule has 2 aromatic rings. The molecule has 0 aromatic carbocycles. The standard InChI is InChI=1S/C14H12N4O/c19-11-18-17-10-14(13-4-2-6-16-9-13)7-12-3-1-5-15-8-12/h1-11H,(H,18,19)/b14-7-,17-10-. The lowest BCUT2D eigenvalue weighted by molar-refractivity contribution is -0.109. The van der Waals surface area contributed by atoms with E-state index in [4.69, 9.17) is 0 Å². The number of hydrogen-bond acceptors (Lipinski definition) is 4. The summed E-state index contributed by atoms with van der Waals surface area (Å²) in [5.41, 5.74) is 4.92. The van der Waals surface area contributed by atoms with Crippen molar-refractivity contribution >= 4 is 24.3 Å². The third-order valence-corrected chi connectivity index (χ3v) is 2.33. The van der Waals surface area contributed by atoms with Crippen LogP contribution in [0.2, 0.25) is 0 Å². The molecule has 0 saturated heterocycles. The molecule has 1 amide bonds. The number of hydrazone groups is 1. The number of amides is 1. The van der Waals surface area contributed by atoms with Crippen molar-refractivity contribution in [1.29, 1.82) is 0 Å². The average Bonchev–Trinajstić information content (AvgIpc) is 2.48. The van der Waals surface area contributed by atoms with Crippen molar-refractivity contribution in [3.05, 3.63) is 60.2 Å². The maximum atomic E-state index is 10.2. The Morgan fingerprint density at radius 1 is 1.16 bits per heavy atom. The van der Waals surface area contributed by atoms with Crippen molar-refractivity contribution in [2.24, 2.45) is 5.10 Å².